The van der Waals surface area contributed by atoms with E-state index in [1.165, 1.54) is 0 Å². The van der Waals surface area contributed by atoms with Crippen molar-refractivity contribution >= 4 is 22.6 Å². The van der Waals surface area contributed by atoms with E-state index >= 15 is 0 Å². The number of methoxy groups -OCH3 is 1. The van der Waals surface area contributed by atoms with Gasteiger partial charge in [0.1, 0.15) is 11.8 Å². The number of hydrogen-bond donors (Lipinski definition) is 2. The van der Waals surface area contributed by atoms with Gasteiger partial charge >= 0.3 is 0 Å². The van der Waals surface area contributed by atoms with Crippen molar-refractivity contribution in [1.82, 2.24) is 5.32 Å². The minimum atomic E-state index is -1.01. The predicted molar refractivity (Wildman–Crippen MR) is 97.5 cm³/mol. The van der Waals surface area contributed by atoms with E-state index in [4.69, 9.17) is 10.5 Å². The number of nitrogens with one attached hydrogen (secondary N) is 1. The normalized spacial score (nSPS) is 11.6. The first-order valence-corrected chi connectivity index (χ1v) is 8.31. The summed E-state index contributed by atoms with van der Waals surface area (Å²) in [6.45, 7) is -0.324. The Hall–Kier alpha value is -3.36. The van der Waals surface area contributed by atoms with Crippen molar-refractivity contribution in [2.24, 2.45) is 5.73 Å². The highest BCUT2D eigenvalue weighted by molar-refractivity contribution is 5.87. The quantitative estimate of drug-likeness (QED) is 0.475. The topological polar surface area (TPSA) is 134 Å². The van der Waals surface area contributed by atoms with Crippen LogP contribution in [0.15, 0.2) is 36.4 Å². The third-order valence-corrected chi connectivity index (χ3v) is 4.03. The first-order chi connectivity index (χ1) is 12.9. The van der Waals surface area contributed by atoms with Gasteiger partial charge in [-0.05, 0) is 34.9 Å². The summed E-state index contributed by atoms with van der Waals surface area (Å²) in [5, 5.41) is 13.7. The van der Waals surface area contributed by atoms with E-state index in [0.717, 1.165) is 22.1 Å². The number of carbonyl (C=O) groups excluding carboxylic acids is 2. The molecular formula is C18H21N3O6. The second-order valence-corrected chi connectivity index (χ2v) is 5.92. The lowest BCUT2D eigenvalue weighted by Gasteiger charge is -2.15. The molecule has 0 saturated carbocycles. The van der Waals surface area contributed by atoms with Crippen LogP contribution in [-0.4, -0.2) is 36.7 Å². The molecule has 3 N–H and O–H groups in total. The van der Waals surface area contributed by atoms with E-state index in [1.807, 2.05) is 36.4 Å². The van der Waals surface area contributed by atoms with Crippen LogP contribution in [0.5, 0.6) is 5.75 Å². The molecule has 0 aliphatic heterocycles. The molecule has 0 aliphatic carbocycles. The zero-order chi connectivity index (χ0) is 19.8. The highest BCUT2D eigenvalue weighted by Gasteiger charge is 2.18. The van der Waals surface area contributed by atoms with Gasteiger partial charge in [0.05, 0.1) is 13.7 Å². The van der Waals surface area contributed by atoms with Crippen molar-refractivity contribution in [3.05, 3.63) is 52.1 Å². The number of nitrogens with zero attached hydrogens (tertiary/aromatic N) is 1. The first kappa shape index (κ1) is 20.0. The van der Waals surface area contributed by atoms with Crippen LogP contribution in [-0.2, 0) is 20.8 Å². The van der Waals surface area contributed by atoms with Crippen LogP contribution >= 0.6 is 0 Å². The maximum Gasteiger partial charge on any atom is 0.294 e. The molecule has 2 aromatic rings. The number of primary amides is 1. The smallest absolute Gasteiger partial charge is 0.294 e. The lowest BCUT2D eigenvalue weighted by molar-refractivity contribution is -0.757. The van der Waals surface area contributed by atoms with Crippen molar-refractivity contribution < 1.29 is 24.3 Å². The molecule has 0 aliphatic rings. The minimum Gasteiger partial charge on any atom is -0.497 e. The Labute approximate surface area is 155 Å². The molecule has 2 rings (SSSR count). The summed E-state index contributed by atoms with van der Waals surface area (Å²) in [4.78, 5) is 37.7. The number of fused-ring (bicyclic) bond motifs is 1. The summed E-state index contributed by atoms with van der Waals surface area (Å²) in [6.07, 6.45) is 0.562. The van der Waals surface area contributed by atoms with Crippen molar-refractivity contribution in [3.63, 3.8) is 0 Å². The van der Waals surface area contributed by atoms with Gasteiger partial charge in [0.25, 0.3) is 5.09 Å². The van der Waals surface area contributed by atoms with Crippen molar-refractivity contribution in [2.45, 2.75) is 25.3 Å². The molecule has 0 bridgehead atoms. The first-order valence-electron chi connectivity index (χ1n) is 8.31. The van der Waals surface area contributed by atoms with Gasteiger partial charge in [0.2, 0.25) is 11.8 Å². The number of rotatable bonds is 10. The monoisotopic (exact) mass is 375 g/mol. The number of benzene rings is 2. The molecule has 0 aromatic heterocycles. The Morgan fingerprint density at radius 3 is 2.59 bits per heavy atom. The fraction of sp³-hybridized carbons (Fsp3) is 0.333. The molecule has 144 valence electrons. The fourth-order valence-corrected chi connectivity index (χ4v) is 2.61. The third-order valence-electron chi connectivity index (χ3n) is 4.03. The molecule has 0 spiro atoms. The van der Waals surface area contributed by atoms with Gasteiger partial charge < -0.3 is 20.6 Å². The third kappa shape index (κ3) is 6.14. The highest BCUT2D eigenvalue weighted by atomic mass is 16.9. The van der Waals surface area contributed by atoms with Gasteiger partial charge in [-0.15, -0.1) is 10.1 Å². The Morgan fingerprint density at radius 1 is 1.22 bits per heavy atom. The second kappa shape index (κ2) is 9.37. The maximum atomic E-state index is 12.1. The van der Waals surface area contributed by atoms with Gasteiger partial charge in [-0.25, -0.2) is 0 Å². The van der Waals surface area contributed by atoms with Crippen LogP contribution in [0.2, 0.25) is 0 Å². The predicted octanol–water partition coefficient (Wildman–Crippen LogP) is 1.35. The average Bonchev–Trinajstić information content (AvgIpc) is 2.64. The van der Waals surface area contributed by atoms with Gasteiger partial charge in [-0.1, -0.05) is 24.3 Å². The number of amides is 2. The van der Waals surface area contributed by atoms with Crippen LogP contribution in [0.25, 0.3) is 10.8 Å². The summed E-state index contributed by atoms with van der Waals surface area (Å²) < 4.78 is 5.19. The molecule has 0 unspecified atom stereocenters. The van der Waals surface area contributed by atoms with Gasteiger partial charge in [-0.3, -0.25) is 9.59 Å². The van der Waals surface area contributed by atoms with Crippen LogP contribution in [0.1, 0.15) is 18.4 Å². The summed E-state index contributed by atoms with van der Waals surface area (Å²) >= 11 is 0. The maximum absolute atomic E-state index is 12.1. The molecule has 0 radical (unpaired) electrons. The number of nitrogens with two attached hydrogens (primary N) is 1. The largest absolute Gasteiger partial charge is 0.497 e. The Balaban J connectivity index is 1.90. The average molecular weight is 375 g/mol. The van der Waals surface area contributed by atoms with Crippen molar-refractivity contribution in [3.8, 4) is 5.75 Å². The van der Waals surface area contributed by atoms with E-state index in [0.29, 0.717) is 6.42 Å². The van der Waals surface area contributed by atoms with Gasteiger partial charge in [0, 0.05) is 12.8 Å². The zero-order valence-electron chi connectivity index (χ0n) is 14.8. The zero-order valence-corrected chi connectivity index (χ0v) is 14.8. The van der Waals surface area contributed by atoms with Crippen LogP contribution in [0.4, 0.5) is 0 Å². The second-order valence-electron chi connectivity index (χ2n) is 5.92. The molecule has 0 saturated heterocycles. The number of carbonyl (C=O) groups is 2. The lowest BCUT2D eigenvalue weighted by atomic mass is 10.0. The van der Waals surface area contributed by atoms with Crippen LogP contribution in [0, 0.1) is 10.1 Å². The van der Waals surface area contributed by atoms with Crippen LogP contribution in [0.3, 0.4) is 0 Å². The molecule has 2 amide bonds. The van der Waals surface area contributed by atoms with E-state index < -0.39 is 17.0 Å². The Morgan fingerprint density at radius 2 is 1.93 bits per heavy atom. The Kier molecular flexibility index (Phi) is 6.93. The van der Waals surface area contributed by atoms with Crippen molar-refractivity contribution in [2.75, 3.05) is 13.7 Å². The molecule has 2 aromatic carbocycles. The number of hydrogen-bond acceptors (Lipinski definition) is 6. The summed E-state index contributed by atoms with van der Waals surface area (Å²) in [5.41, 5.74) is 6.17. The SMILES string of the molecule is COc1ccc2cc(CCC(=O)N[C@@H](CCO[N+](=O)[O-])C(N)=O)ccc2c1. The molecule has 9 heteroatoms. The van der Waals surface area contributed by atoms with Gasteiger partial charge in [-0.2, -0.15) is 0 Å². The number of aryl methyl sites for hydroxylation is 1. The van der Waals surface area contributed by atoms with E-state index in [-0.39, 0.29) is 25.4 Å². The molecule has 0 heterocycles. The summed E-state index contributed by atoms with van der Waals surface area (Å²) in [5.74, 6) is -0.363. The summed E-state index contributed by atoms with van der Waals surface area (Å²) in [6, 6.07) is 10.6. The lowest BCUT2D eigenvalue weighted by Crippen LogP contribution is -2.45. The molecular weight excluding hydrogens is 354 g/mol. The van der Waals surface area contributed by atoms with Crippen molar-refractivity contribution in [1.29, 1.82) is 0 Å². The molecule has 9 nitrogen and oxygen atoms in total. The minimum absolute atomic E-state index is 0.0696. The number of ether oxygens (including phenoxy) is 1. The molecule has 1 atom stereocenters. The molecule has 27 heavy (non-hydrogen) atoms. The van der Waals surface area contributed by atoms with Crippen LogP contribution < -0.4 is 15.8 Å². The van der Waals surface area contributed by atoms with E-state index in [1.54, 1.807) is 7.11 Å². The molecule has 0 fully saturated rings. The standard InChI is InChI=1S/C18H21N3O6/c1-26-15-6-5-13-10-12(2-4-14(13)11-15)3-7-17(22)20-16(18(19)23)8-9-27-21(24)25/h2,4-6,10-11,16H,3,7-9H2,1H3,(H2,19,23)(H,20,22)/t16-/m0/s1. The summed E-state index contributed by atoms with van der Waals surface area (Å²) in [7, 11) is 1.61. The fourth-order valence-electron chi connectivity index (χ4n) is 2.61. The van der Waals surface area contributed by atoms with E-state index in [2.05, 4.69) is 10.2 Å². The van der Waals surface area contributed by atoms with E-state index in [9.17, 15) is 19.7 Å². The van der Waals surface area contributed by atoms with Gasteiger partial charge in [0.15, 0.2) is 0 Å². The Bertz CT molecular complexity index is 839. The highest BCUT2D eigenvalue weighted by Crippen LogP contribution is 2.22.